The fourth-order valence-corrected chi connectivity index (χ4v) is 2.07. The van der Waals surface area contributed by atoms with E-state index in [2.05, 4.69) is 27.4 Å². The smallest absolute Gasteiger partial charge is 0.184 e. The van der Waals surface area contributed by atoms with Crippen LogP contribution in [0, 0.1) is 17.8 Å². The first kappa shape index (κ1) is 15.3. The molecule has 116 valence electrons. The summed E-state index contributed by atoms with van der Waals surface area (Å²) in [5.74, 6) is 7.07. The third kappa shape index (κ3) is 4.66. The number of hydrogen-bond acceptors (Lipinski definition) is 3. The first-order valence-electron chi connectivity index (χ1n) is 7.40. The highest BCUT2D eigenvalue weighted by Gasteiger charge is 2.17. The SMILES string of the molecule is NC(=S)N/N=C(/Cn1ccnc1)c1ccc(C#CC2CC2)cc1. The van der Waals surface area contributed by atoms with Crippen molar-refractivity contribution >= 4 is 23.0 Å². The van der Waals surface area contributed by atoms with Crippen LogP contribution in [0.3, 0.4) is 0 Å². The second-order valence-corrected chi connectivity index (χ2v) is 5.83. The molecular formula is C17H17N5S. The Kier molecular flexibility index (Phi) is 4.69. The zero-order chi connectivity index (χ0) is 16.1. The Hall–Kier alpha value is -2.65. The van der Waals surface area contributed by atoms with Gasteiger partial charge < -0.3 is 10.3 Å². The van der Waals surface area contributed by atoms with Crippen molar-refractivity contribution in [3.63, 3.8) is 0 Å². The Labute approximate surface area is 140 Å². The maximum atomic E-state index is 5.47. The van der Waals surface area contributed by atoms with Gasteiger partial charge in [0, 0.05) is 23.9 Å². The molecule has 0 bridgehead atoms. The van der Waals surface area contributed by atoms with E-state index < -0.39 is 0 Å². The normalized spacial score (nSPS) is 14.0. The van der Waals surface area contributed by atoms with Crippen LogP contribution < -0.4 is 11.2 Å². The average Bonchev–Trinajstić information content (AvgIpc) is 3.24. The molecule has 1 aromatic carbocycles. The van der Waals surface area contributed by atoms with Gasteiger partial charge in [0.1, 0.15) is 0 Å². The molecule has 0 amide bonds. The van der Waals surface area contributed by atoms with Crippen LogP contribution in [0.1, 0.15) is 24.0 Å². The Bertz CT molecular complexity index is 762. The van der Waals surface area contributed by atoms with Crippen LogP contribution >= 0.6 is 12.2 Å². The Morgan fingerprint density at radius 2 is 2.17 bits per heavy atom. The predicted octanol–water partition coefficient (Wildman–Crippen LogP) is 1.88. The largest absolute Gasteiger partial charge is 0.375 e. The Balaban J connectivity index is 1.79. The Morgan fingerprint density at radius 1 is 1.39 bits per heavy atom. The van der Waals surface area contributed by atoms with Gasteiger partial charge in [0.25, 0.3) is 0 Å². The quantitative estimate of drug-likeness (QED) is 0.390. The van der Waals surface area contributed by atoms with Gasteiger partial charge in [0.15, 0.2) is 5.11 Å². The van der Waals surface area contributed by atoms with Crippen molar-refractivity contribution in [2.45, 2.75) is 19.4 Å². The number of imidazole rings is 1. The number of hydrogen-bond donors (Lipinski definition) is 2. The number of hydrazone groups is 1. The van der Waals surface area contributed by atoms with Crippen LogP contribution in [-0.2, 0) is 6.54 Å². The summed E-state index contributed by atoms with van der Waals surface area (Å²) >= 11 is 4.82. The van der Waals surface area contributed by atoms with Gasteiger partial charge in [0.05, 0.1) is 18.6 Å². The molecule has 3 rings (SSSR count). The lowest BCUT2D eigenvalue weighted by molar-refractivity contribution is 0.839. The predicted molar refractivity (Wildman–Crippen MR) is 94.7 cm³/mol. The minimum Gasteiger partial charge on any atom is -0.375 e. The van der Waals surface area contributed by atoms with E-state index in [1.54, 1.807) is 12.5 Å². The minimum atomic E-state index is 0.139. The molecule has 0 unspecified atom stereocenters. The van der Waals surface area contributed by atoms with Crippen molar-refractivity contribution in [2.24, 2.45) is 16.8 Å². The number of thiocarbonyl (C=S) groups is 1. The van der Waals surface area contributed by atoms with E-state index in [9.17, 15) is 0 Å². The molecule has 1 aromatic heterocycles. The number of rotatable bonds is 4. The Morgan fingerprint density at radius 3 is 2.78 bits per heavy atom. The molecular weight excluding hydrogens is 306 g/mol. The summed E-state index contributed by atoms with van der Waals surface area (Å²) in [5, 5.41) is 4.44. The lowest BCUT2D eigenvalue weighted by Crippen LogP contribution is -2.26. The van der Waals surface area contributed by atoms with Crippen molar-refractivity contribution in [3.05, 3.63) is 54.1 Å². The molecule has 0 saturated heterocycles. The van der Waals surface area contributed by atoms with Gasteiger partial charge >= 0.3 is 0 Å². The van der Waals surface area contributed by atoms with Crippen LogP contribution in [0.4, 0.5) is 0 Å². The van der Waals surface area contributed by atoms with Gasteiger partial charge in [-0.15, -0.1) is 0 Å². The third-order valence-electron chi connectivity index (χ3n) is 3.41. The van der Waals surface area contributed by atoms with Crippen LogP contribution in [0.2, 0.25) is 0 Å². The molecule has 1 heterocycles. The van der Waals surface area contributed by atoms with E-state index >= 15 is 0 Å². The highest BCUT2D eigenvalue weighted by atomic mass is 32.1. The van der Waals surface area contributed by atoms with Gasteiger partial charge in [-0.2, -0.15) is 5.10 Å². The lowest BCUT2D eigenvalue weighted by Gasteiger charge is -2.08. The topological polar surface area (TPSA) is 68.2 Å². The molecule has 6 heteroatoms. The summed E-state index contributed by atoms with van der Waals surface area (Å²) in [5.41, 5.74) is 10.9. The van der Waals surface area contributed by atoms with Crippen LogP contribution in [0.5, 0.6) is 0 Å². The number of nitrogens with two attached hydrogens (primary N) is 1. The number of nitrogens with one attached hydrogen (secondary N) is 1. The molecule has 0 radical (unpaired) electrons. The summed E-state index contributed by atoms with van der Waals surface area (Å²) in [6, 6.07) is 8.03. The first-order chi connectivity index (χ1) is 11.2. The van der Waals surface area contributed by atoms with E-state index in [-0.39, 0.29) is 5.11 Å². The molecule has 2 aromatic rings. The summed E-state index contributed by atoms with van der Waals surface area (Å²) in [6.07, 6.45) is 7.82. The first-order valence-corrected chi connectivity index (χ1v) is 7.81. The molecule has 23 heavy (non-hydrogen) atoms. The van der Waals surface area contributed by atoms with Crippen molar-refractivity contribution in [2.75, 3.05) is 0 Å². The molecule has 5 nitrogen and oxygen atoms in total. The van der Waals surface area contributed by atoms with Crippen molar-refractivity contribution in [1.82, 2.24) is 15.0 Å². The van der Waals surface area contributed by atoms with Gasteiger partial charge in [-0.05, 0) is 42.8 Å². The zero-order valence-electron chi connectivity index (χ0n) is 12.6. The summed E-state index contributed by atoms with van der Waals surface area (Å²) in [4.78, 5) is 4.04. The van der Waals surface area contributed by atoms with E-state index in [4.69, 9.17) is 18.0 Å². The monoisotopic (exact) mass is 323 g/mol. The average molecular weight is 323 g/mol. The zero-order valence-corrected chi connectivity index (χ0v) is 13.4. The van der Waals surface area contributed by atoms with Crippen LogP contribution in [0.25, 0.3) is 0 Å². The highest BCUT2D eigenvalue weighted by molar-refractivity contribution is 7.80. The van der Waals surface area contributed by atoms with Gasteiger partial charge in [-0.25, -0.2) is 4.98 Å². The molecule has 0 spiro atoms. The van der Waals surface area contributed by atoms with E-state index in [1.165, 1.54) is 12.8 Å². The maximum Gasteiger partial charge on any atom is 0.184 e. The van der Waals surface area contributed by atoms with Crippen molar-refractivity contribution in [3.8, 4) is 11.8 Å². The number of aromatic nitrogens is 2. The molecule has 1 aliphatic carbocycles. The van der Waals surface area contributed by atoms with Gasteiger partial charge in [0.2, 0.25) is 0 Å². The van der Waals surface area contributed by atoms with E-state index in [0.717, 1.165) is 16.8 Å². The van der Waals surface area contributed by atoms with E-state index in [0.29, 0.717) is 12.5 Å². The summed E-state index contributed by atoms with van der Waals surface area (Å²) in [6.45, 7) is 0.572. The van der Waals surface area contributed by atoms with Gasteiger partial charge in [-0.3, -0.25) is 5.43 Å². The van der Waals surface area contributed by atoms with Crippen LogP contribution in [0.15, 0.2) is 48.1 Å². The lowest BCUT2D eigenvalue weighted by atomic mass is 10.1. The van der Waals surface area contributed by atoms with E-state index in [1.807, 2.05) is 35.0 Å². The van der Waals surface area contributed by atoms with Crippen LogP contribution in [-0.4, -0.2) is 20.4 Å². The highest BCUT2D eigenvalue weighted by Crippen LogP contribution is 2.27. The summed E-state index contributed by atoms with van der Waals surface area (Å²) in [7, 11) is 0. The fraction of sp³-hybridized carbons (Fsp3) is 0.235. The number of benzene rings is 1. The molecule has 1 aliphatic rings. The molecule has 1 fully saturated rings. The molecule has 3 N–H and O–H groups in total. The van der Waals surface area contributed by atoms with Crippen molar-refractivity contribution in [1.29, 1.82) is 0 Å². The second-order valence-electron chi connectivity index (χ2n) is 5.39. The molecule has 0 aliphatic heterocycles. The standard InChI is InChI=1S/C17H17N5S/c18-17(23)21-20-16(11-22-10-9-19-12-22)15-7-5-14(6-8-15)4-3-13-1-2-13/h5-10,12-13H,1-2,11H2,(H3,18,21,23)/b20-16-. The molecule has 1 saturated carbocycles. The second kappa shape index (κ2) is 7.07. The maximum absolute atomic E-state index is 5.47. The fourth-order valence-electron chi connectivity index (χ4n) is 2.03. The summed E-state index contributed by atoms with van der Waals surface area (Å²) < 4.78 is 1.93. The third-order valence-corrected chi connectivity index (χ3v) is 3.50. The van der Waals surface area contributed by atoms with Crippen molar-refractivity contribution < 1.29 is 0 Å². The minimum absolute atomic E-state index is 0.139. The van der Waals surface area contributed by atoms with Gasteiger partial charge in [-0.1, -0.05) is 24.0 Å². The number of nitrogens with zero attached hydrogens (tertiary/aromatic N) is 3. The molecule has 0 atom stereocenters.